The molecular formula is C11H16BrClN2O. The van der Waals surface area contributed by atoms with E-state index in [1.165, 1.54) is 0 Å². The number of amides is 1. The molecule has 90 valence electrons. The third kappa shape index (κ3) is 4.51. The highest BCUT2D eigenvalue weighted by molar-refractivity contribution is 9.10. The van der Waals surface area contributed by atoms with Gasteiger partial charge in [0.1, 0.15) is 0 Å². The normalized spacial score (nSPS) is 10.5. The first-order chi connectivity index (χ1) is 6.94. The van der Waals surface area contributed by atoms with Crippen LogP contribution < -0.4 is 11.1 Å². The van der Waals surface area contributed by atoms with Crippen LogP contribution in [0.25, 0.3) is 0 Å². The predicted octanol–water partition coefficient (Wildman–Crippen LogP) is 2.34. The van der Waals surface area contributed by atoms with Gasteiger partial charge in [0.25, 0.3) is 5.91 Å². The Bertz CT molecular complexity index is 369. The Balaban J connectivity index is 0.00000225. The minimum absolute atomic E-state index is 0. The predicted molar refractivity (Wildman–Crippen MR) is 72.0 cm³/mol. The van der Waals surface area contributed by atoms with Crippen molar-refractivity contribution in [3.8, 4) is 0 Å². The maximum absolute atomic E-state index is 11.8. The molecule has 1 aromatic carbocycles. The number of nitrogens with one attached hydrogen (secondary N) is 1. The molecule has 0 radical (unpaired) electrons. The van der Waals surface area contributed by atoms with Crippen molar-refractivity contribution in [2.45, 2.75) is 19.4 Å². The lowest BCUT2D eigenvalue weighted by Gasteiger charge is -2.24. The summed E-state index contributed by atoms with van der Waals surface area (Å²) in [6.45, 7) is 4.19. The fourth-order valence-corrected chi connectivity index (χ4v) is 1.46. The van der Waals surface area contributed by atoms with E-state index in [0.717, 1.165) is 4.47 Å². The van der Waals surface area contributed by atoms with Gasteiger partial charge in [-0.05, 0) is 32.0 Å². The lowest BCUT2D eigenvalue weighted by molar-refractivity contribution is 0.0915. The van der Waals surface area contributed by atoms with Crippen molar-refractivity contribution in [1.29, 1.82) is 0 Å². The molecule has 1 aromatic rings. The Morgan fingerprint density at radius 1 is 1.50 bits per heavy atom. The van der Waals surface area contributed by atoms with Gasteiger partial charge >= 0.3 is 0 Å². The summed E-state index contributed by atoms with van der Waals surface area (Å²) in [4.78, 5) is 11.8. The molecule has 0 aliphatic rings. The molecule has 0 saturated heterocycles. The molecule has 1 amide bonds. The van der Waals surface area contributed by atoms with Gasteiger partial charge in [-0.15, -0.1) is 12.4 Å². The SMILES string of the molecule is CC(C)(CN)NC(=O)c1cccc(Br)c1.Cl. The van der Waals surface area contributed by atoms with Crippen LogP contribution in [0.5, 0.6) is 0 Å². The number of benzene rings is 1. The lowest BCUT2D eigenvalue weighted by atomic mass is 10.1. The molecule has 0 atom stereocenters. The zero-order valence-electron chi connectivity index (χ0n) is 9.29. The third-order valence-electron chi connectivity index (χ3n) is 2.05. The average molecular weight is 308 g/mol. The van der Waals surface area contributed by atoms with Gasteiger partial charge in [0.2, 0.25) is 0 Å². The summed E-state index contributed by atoms with van der Waals surface area (Å²) in [7, 11) is 0. The van der Waals surface area contributed by atoms with Crippen molar-refractivity contribution < 1.29 is 4.79 Å². The minimum atomic E-state index is -0.376. The summed E-state index contributed by atoms with van der Waals surface area (Å²) < 4.78 is 0.890. The Hall–Kier alpha value is -0.580. The quantitative estimate of drug-likeness (QED) is 0.900. The van der Waals surface area contributed by atoms with Gasteiger partial charge in [0.15, 0.2) is 0 Å². The van der Waals surface area contributed by atoms with E-state index >= 15 is 0 Å². The maximum atomic E-state index is 11.8. The largest absolute Gasteiger partial charge is 0.346 e. The molecule has 5 heteroatoms. The number of carbonyl (C=O) groups excluding carboxylic acids is 1. The van der Waals surface area contributed by atoms with Crippen LogP contribution in [0.3, 0.4) is 0 Å². The first kappa shape index (κ1) is 15.4. The summed E-state index contributed by atoms with van der Waals surface area (Å²) >= 11 is 3.32. The standard InChI is InChI=1S/C11H15BrN2O.ClH/c1-11(2,7-13)14-10(15)8-4-3-5-9(12)6-8;/h3-6H,7,13H2,1-2H3,(H,14,15);1H. The Labute approximate surface area is 110 Å². The molecule has 0 aliphatic heterocycles. The zero-order valence-corrected chi connectivity index (χ0v) is 11.7. The van der Waals surface area contributed by atoms with E-state index in [0.29, 0.717) is 12.1 Å². The van der Waals surface area contributed by atoms with E-state index < -0.39 is 0 Å². The molecule has 0 fully saturated rings. The molecule has 0 heterocycles. The van der Waals surface area contributed by atoms with E-state index in [9.17, 15) is 4.79 Å². The van der Waals surface area contributed by atoms with Gasteiger partial charge in [-0.3, -0.25) is 4.79 Å². The molecule has 3 nitrogen and oxygen atoms in total. The number of halogens is 2. The third-order valence-corrected chi connectivity index (χ3v) is 2.54. The summed E-state index contributed by atoms with van der Waals surface area (Å²) in [6.07, 6.45) is 0. The molecule has 0 saturated carbocycles. The molecular weight excluding hydrogens is 291 g/mol. The van der Waals surface area contributed by atoms with Gasteiger partial charge in [-0.1, -0.05) is 22.0 Å². The topological polar surface area (TPSA) is 55.1 Å². The van der Waals surface area contributed by atoms with E-state index in [2.05, 4.69) is 21.2 Å². The second-order valence-electron chi connectivity index (χ2n) is 4.05. The van der Waals surface area contributed by atoms with Crippen LogP contribution in [0.15, 0.2) is 28.7 Å². The molecule has 0 aromatic heterocycles. The van der Waals surface area contributed by atoms with E-state index in [1.807, 2.05) is 26.0 Å². The van der Waals surface area contributed by atoms with Crippen LogP contribution in [-0.4, -0.2) is 18.0 Å². The van der Waals surface area contributed by atoms with Gasteiger partial charge in [-0.25, -0.2) is 0 Å². The van der Waals surface area contributed by atoms with Crippen LogP contribution in [0.1, 0.15) is 24.2 Å². The van der Waals surface area contributed by atoms with Crippen molar-refractivity contribution in [1.82, 2.24) is 5.32 Å². The smallest absolute Gasteiger partial charge is 0.251 e. The molecule has 1 rings (SSSR count). The number of carbonyl (C=O) groups is 1. The number of rotatable bonds is 3. The van der Waals surface area contributed by atoms with Crippen LogP contribution >= 0.6 is 28.3 Å². The molecule has 0 bridgehead atoms. The fraction of sp³-hybridized carbons (Fsp3) is 0.364. The monoisotopic (exact) mass is 306 g/mol. The van der Waals surface area contributed by atoms with Crippen LogP contribution in [0.4, 0.5) is 0 Å². The van der Waals surface area contributed by atoms with E-state index in [-0.39, 0.29) is 23.9 Å². The molecule has 0 unspecified atom stereocenters. The average Bonchev–Trinajstić information content (AvgIpc) is 2.17. The highest BCUT2D eigenvalue weighted by atomic mass is 79.9. The van der Waals surface area contributed by atoms with Crippen molar-refractivity contribution >= 4 is 34.2 Å². The number of hydrogen-bond acceptors (Lipinski definition) is 2. The second-order valence-corrected chi connectivity index (χ2v) is 4.97. The molecule has 16 heavy (non-hydrogen) atoms. The first-order valence-electron chi connectivity index (χ1n) is 4.73. The van der Waals surface area contributed by atoms with Crippen LogP contribution in [0.2, 0.25) is 0 Å². The summed E-state index contributed by atoms with van der Waals surface area (Å²) in [5.41, 5.74) is 5.79. The second kappa shape index (κ2) is 6.23. The Kier molecular flexibility index (Phi) is 6.00. The van der Waals surface area contributed by atoms with E-state index in [1.54, 1.807) is 12.1 Å². The first-order valence-corrected chi connectivity index (χ1v) is 5.52. The maximum Gasteiger partial charge on any atom is 0.251 e. The lowest BCUT2D eigenvalue weighted by Crippen LogP contribution is -2.48. The minimum Gasteiger partial charge on any atom is -0.346 e. The summed E-state index contributed by atoms with van der Waals surface area (Å²) in [5, 5.41) is 2.86. The Morgan fingerprint density at radius 2 is 2.12 bits per heavy atom. The molecule has 0 aliphatic carbocycles. The Morgan fingerprint density at radius 3 is 2.62 bits per heavy atom. The highest BCUT2D eigenvalue weighted by Gasteiger charge is 2.18. The van der Waals surface area contributed by atoms with Crippen molar-refractivity contribution in [3.63, 3.8) is 0 Å². The zero-order chi connectivity index (χ0) is 11.5. The van der Waals surface area contributed by atoms with Gasteiger partial charge in [0, 0.05) is 22.1 Å². The number of nitrogens with two attached hydrogens (primary N) is 1. The molecule has 3 N–H and O–H groups in total. The van der Waals surface area contributed by atoms with Crippen molar-refractivity contribution in [2.24, 2.45) is 5.73 Å². The fourth-order valence-electron chi connectivity index (χ4n) is 1.06. The van der Waals surface area contributed by atoms with Crippen LogP contribution in [0, 0.1) is 0 Å². The van der Waals surface area contributed by atoms with Crippen LogP contribution in [-0.2, 0) is 0 Å². The van der Waals surface area contributed by atoms with E-state index in [4.69, 9.17) is 5.73 Å². The van der Waals surface area contributed by atoms with Gasteiger partial charge < -0.3 is 11.1 Å². The van der Waals surface area contributed by atoms with Crippen molar-refractivity contribution in [3.05, 3.63) is 34.3 Å². The van der Waals surface area contributed by atoms with Crippen molar-refractivity contribution in [2.75, 3.05) is 6.54 Å². The molecule has 0 spiro atoms. The van der Waals surface area contributed by atoms with Gasteiger partial charge in [0.05, 0.1) is 0 Å². The summed E-state index contributed by atoms with van der Waals surface area (Å²) in [5.74, 6) is -0.105. The number of hydrogen-bond donors (Lipinski definition) is 2. The highest BCUT2D eigenvalue weighted by Crippen LogP contribution is 2.12. The summed E-state index contributed by atoms with van der Waals surface area (Å²) in [6, 6.07) is 7.26. The van der Waals surface area contributed by atoms with Gasteiger partial charge in [-0.2, -0.15) is 0 Å².